The molecule has 0 N–H and O–H groups in total. The molecule has 164 valence electrons. The van der Waals surface area contributed by atoms with Crippen LogP contribution in [-0.4, -0.2) is 55.4 Å². The van der Waals surface area contributed by atoms with Crippen LogP contribution in [0.4, 0.5) is 10.6 Å². The van der Waals surface area contributed by atoms with Gasteiger partial charge in [0.1, 0.15) is 18.2 Å². The van der Waals surface area contributed by atoms with Gasteiger partial charge in [-0.2, -0.15) is 0 Å². The van der Waals surface area contributed by atoms with E-state index in [1.807, 2.05) is 12.1 Å². The number of amides is 1. The molecule has 1 aromatic heterocycles. The van der Waals surface area contributed by atoms with Crippen molar-refractivity contribution in [3.8, 4) is 5.75 Å². The van der Waals surface area contributed by atoms with E-state index in [0.29, 0.717) is 25.6 Å². The fourth-order valence-electron chi connectivity index (χ4n) is 4.84. The summed E-state index contributed by atoms with van der Waals surface area (Å²) in [6.07, 6.45) is 6.30. The van der Waals surface area contributed by atoms with Crippen molar-refractivity contribution in [2.24, 2.45) is 11.8 Å². The van der Waals surface area contributed by atoms with E-state index in [2.05, 4.69) is 40.2 Å². The number of ether oxygens (including phenoxy) is 2. The third kappa shape index (κ3) is 5.01. The second-order valence-electron chi connectivity index (χ2n) is 9.04. The van der Waals surface area contributed by atoms with E-state index in [0.717, 1.165) is 36.5 Å². The van der Waals surface area contributed by atoms with Crippen molar-refractivity contribution < 1.29 is 14.3 Å². The van der Waals surface area contributed by atoms with Crippen LogP contribution in [0.3, 0.4) is 0 Å². The molecule has 31 heavy (non-hydrogen) atoms. The van der Waals surface area contributed by atoms with Gasteiger partial charge in [0.15, 0.2) is 0 Å². The molecule has 1 aliphatic carbocycles. The molecule has 2 aliphatic heterocycles. The van der Waals surface area contributed by atoms with E-state index in [1.165, 1.54) is 37.9 Å². The van der Waals surface area contributed by atoms with Gasteiger partial charge in [0.05, 0.1) is 12.8 Å². The summed E-state index contributed by atoms with van der Waals surface area (Å²) in [6, 6.07) is 14.7. The lowest BCUT2D eigenvalue weighted by molar-refractivity contribution is 0.0754. The monoisotopic (exact) mass is 421 g/mol. The van der Waals surface area contributed by atoms with E-state index >= 15 is 0 Å². The molecule has 0 bridgehead atoms. The van der Waals surface area contributed by atoms with Gasteiger partial charge in [-0.05, 0) is 61.1 Å². The van der Waals surface area contributed by atoms with Crippen molar-refractivity contribution in [3.05, 3.63) is 54.2 Å². The zero-order chi connectivity index (χ0) is 21.0. The minimum Gasteiger partial charge on any atom is -0.491 e. The summed E-state index contributed by atoms with van der Waals surface area (Å²) in [5, 5.41) is 0. The summed E-state index contributed by atoms with van der Waals surface area (Å²) in [5.74, 6) is 3.93. The molecule has 3 heterocycles. The Hall–Kier alpha value is -2.60. The largest absolute Gasteiger partial charge is 0.491 e. The highest BCUT2D eigenvalue weighted by molar-refractivity contribution is 5.86. The zero-order valence-corrected chi connectivity index (χ0v) is 18.0. The standard InChI is InChI=1S/C25H31N3O3/c29-25-28(11-4-13-31-25)24-10-9-22(16-26-24)30-14-12-27-17-19(18-27)7-8-21-15-23(21)20-5-2-1-3-6-20/h1-3,5-6,9-10,16,19,21,23H,4,7-8,11-15,17-18H2/t21-,23?/m1/s1. The normalized spacial score (nSPS) is 23.9. The first-order chi connectivity index (χ1) is 15.3. The number of carbonyl (C=O) groups excluding carboxylic acids is 1. The minimum atomic E-state index is -0.322. The number of hydrogen-bond donors (Lipinski definition) is 0. The topological polar surface area (TPSA) is 54.9 Å². The van der Waals surface area contributed by atoms with Gasteiger partial charge in [0, 0.05) is 26.2 Å². The second-order valence-corrected chi connectivity index (χ2v) is 9.04. The van der Waals surface area contributed by atoms with Crippen LogP contribution < -0.4 is 9.64 Å². The molecule has 1 amide bonds. The average molecular weight is 422 g/mol. The second kappa shape index (κ2) is 9.27. The maximum absolute atomic E-state index is 11.8. The number of likely N-dealkylation sites (tertiary alicyclic amines) is 1. The molecule has 6 nitrogen and oxygen atoms in total. The molecular weight excluding hydrogens is 390 g/mol. The summed E-state index contributed by atoms with van der Waals surface area (Å²) >= 11 is 0. The SMILES string of the molecule is O=C1OCCCN1c1ccc(OCCN2CC(CC[C@@H]3CC3c3ccccc3)C2)cn1. The van der Waals surface area contributed by atoms with Crippen molar-refractivity contribution in [2.45, 2.75) is 31.6 Å². The number of nitrogens with zero attached hydrogens (tertiary/aromatic N) is 3. The molecular formula is C25H31N3O3. The van der Waals surface area contributed by atoms with E-state index in [1.54, 1.807) is 11.1 Å². The number of hydrogen-bond acceptors (Lipinski definition) is 5. The van der Waals surface area contributed by atoms with Gasteiger partial charge in [-0.25, -0.2) is 9.78 Å². The number of carbonyl (C=O) groups is 1. The molecule has 1 saturated carbocycles. The lowest BCUT2D eigenvalue weighted by atomic mass is 9.93. The quantitative estimate of drug-likeness (QED) is 0.603. The minimum absolute atomic E-state index is 0.322. The Morgan fingerprint density at radius 3 is 2.74 bits per heavy atom. The molecule has 2 saturated heterocycles. The Morgan fingerprint density at radius 2 is 1.97 bits per heavy atom. The predicted octanol–water partition coefficient (Wildman–Crippen LogP) is 4.32. The fourth-order valence-corrected chi connectivity index (χ4v) is 4.84. The Bertz CT molecular complexity index is 867. The lowest BCUT2D eigenvalue weighted by Crippen LogP contribution is -2.48. The molecule has 5 rings (SSSR count). The van der Waals surface area contributed by atoms with Crippen LogP contribution in [0.2, 0.25) is 0 Å². The summed E-state index contributed by atoms with van der Waals surface area (Å²) < 4.78 is 10.9. The molecule has 1 aromatic carbocycles. The highest BCUT2D eigenvalue weighted by Gasteiger charge is 2.38. The van der Waals surface area contributed by atoms with Crippen LogP contribution in [0.5, 0.6) is 5.75 Å². The fraction of sp³-hybridized carbons (Fsp3) is 0.520. The van der Waals surface area contributed by atoms with Gasteiger partial charge < -0.3 is 9.47 Å². The van der Waals surface area contributed by atoms with Crippen molar-refractivity contribution >= 4 is 11.9 Å². The zero-order valence-electron chi connectivity index (χ0n) is 18.0. The maximum Gasteiger partial charge on any atom is 0.415 e. The Labute approximate surface area is 184 Å². The molecule has 0 spiro atoms. The Kier molecular flexibility index (Phi) is 6.07. The van der Waals surface area contributed by atoms with Gasteiger partial charge in [-0.1, -0.05) is 30.3 Å². The third-order valence-electron chi connectivity index (χ3n) is 6.77. The number of cyclic esters (lactones) is 1. The van der Waals surface area contributed by atoms with Crippen LogP contribution in [0.1, 0.15) is 37.2 Å². The first-order valence-electron chi connectivity index (χ1n) is 11.6. The Morgan fingerprint density at radius 1 is 1.10 bits per heavy atom. The number of anilines is 1. The molecule has 3 fully saturated rings. The first-order valence-corrected chi connectivity index (χ1v) is 11.6. The van der Waals surface area contributed by atoms with Crippen molar-refractivity contribution in [3.63, 3.8) is 0 Å². The van der Waals surface area contributed by atoms with Crippen LogP contribution in [0.25, 0.3) is 0 Å². The van der Waals surface area contributed by atoms with E-state index < -0.39 is 0 Å². The molecule has 6 heteroatoms. The van der Waals surface area contributed by atoms with Crippen LogP contribution in [0.15, 0.2) is 48.7 Å². The molecule has 1 unspecified atom stereocenters. The van der Waals surface area contributed by atoms with Crippen molar-refractivity contribution in [2.75, 3.05) is 44.3 Å². The predicted molar refractivity (Wildman–Crippen MR) is 119 cm³/mol. The summed E-state index contributed by atoms with van der Waals surface area (Å²) in [4.78, 5) is 20.2. The maximum atomic E-state index is 11.8. The van der Waals surface area contributed by atoms with Gasteiger partial charge in [0.2, 0.25) is 0 Å². The molecule has 0 radical (unpaired) electrons. The third-order valence-corrected chi connectivity index (χ3v) is 6.77. The van der Waals surface area contributed by atoms with Gasteiger partial charge in [-0.3, -0.25) is 9.80 Å². The number of rotatable bonds is 9. The highest BCUT2D eigenvalue weighted by atomic mass is 16.6. The van der Waals surface area contributed by atoms with E-state index in [9.17, 15) is 4.79 Å². The van der Waals surface area contributed by atoms with Crippen LogP contribution in [0, 0.1) is 11.8 Å². The number of benzene rings is 1. The average Bonchev–Trinajstić information content (AvgIpc) is 3.56. The van der Waals surface area contributed by atoms with Crippen molar-refractivity contribution in [1.82, 2.24) is 9.88 Å². The van der Waals surface area contributed by atoms with Crippen LogP contribution >= 0.6 is 0 Å². The molecule has 2 atom stereocenters. The summed E-state index contributed by atoms with van der Waals surface area (Å²) in [5.41, 5.74) is 1.53. The molecule has 3 aliphatic rings. The van der Waals surface area contributed by atoms with Gasteiger partial charge in [0.25, 0.3) is 0 Å². The van der Waals surface area contributed by atoms with Crippen LogP contribution in [-0.2, 0) is 4.74 Å². The Balaban J connectivity index is 0.959. The summed E-state index contributed by atoms with van der Waals surface area (Å²) in [6.45, 7) is 5.14. The van der Waals surface area contributed by atoms with Crippen molar-refractivity contribution in [1.29, 1.82) is 0 Å². The van der Waals surface area contributed by atoms with Gasteiger partial charge >= 0.3 is 6.09 Å². The van der Waals surface area contributed by atoms with Gasteiger partial charge in [-0.15, -0.1) is 0 Å². The first kappa shape index (κ1) is 20.3. The summed E-state index contributed by atoms with van der Waals surface area (Å²) in [7, 11) is 0. The smallest absolute Gasteiger partial charge is 0.415 e. The molecule has 2 aromatic rings. The highest BCUT2D eigenvalue weighted by Crippen LogP contribution is 2.50. The van der Waals surface area contributed by atoms with E-state index in [4.69, 9.17) is 9.47 Å². The van der Waals surface area contributed by atoms with E-state index in [-0.39, 0.29) is 6.09 Å². The lowest BCUT2D eigenvalue weighted by Gasteiger charge is -2.39. The number of pyridine rings is 1. The number of aromatic nitrogens is 1.